The van der Waals surface area contributed by atoms with Crippen LogP contribution in [0.4, 0.5) is 0 Å². The zero-order chi connectivity index (χ0) is 13.1. The van der Waals surface area contributed by atoms with E-state index in [0.29, 0.717) is 0 Å². The molecule has 0 amide bonds. The maximum atomic E-state index is 5.94. The van der Waals surface area contributed by atoms with Gasteiger partial charge in [0.15, 0.2) is 0 Å². The molecule has 1 N–H and O–H groups in total. The van der Waals surface area contributed by atoms with Crippen molar-refractivity contribution < 1.29 is 4.42 Å². The molecule has 1 saturated carbocycles. The summed E-state index contributed by atoms with van der Waals surface area (Å²) in [4.78, 5) is 2.58. The summed E-state index contributed by atoms with van der Waals surface area (Å²) in [6, 6.07) is 2.99. The highest BCUT2D eigenvalue weighted by molar-refractivity contribution is 5.20. The van der Waals surface area contributed by atoms with E-state index in [0.717, 1.165) is 36.6 Å². The van der Waals surface area contributed by atoms with Gasteiger partial charge in [-0.05, 0) is 44.4 Å². The fraction of sp³-hybridized carbons (Fsp3) is 0.733. The van der Waals surface area contributed by atoms with Crippen molar-refractivity contribution in [1.82, 2.24) is 10.2 Å². The van der Waals surface area contributed by atoms with Crippen molar-refractivity contribution in [2.24, 2.45) is 5.92 Å². The standard InChI is InChI=1S/C15H26N2O/c1-11(2)9-17(13-5-6-13)10-14-7-12(3)15(18-14)8-16-4/h7,11,13,16H,5-6,8-10H2,1-4H3. The molecule has 2 rings (SSSR count). The zero-order valence-electron chi connectivity index (χ0n) is 12.1. The van der Waals surface area contributed by atoms with Crippen LogP contribution < -0.4 is 5.32 Å². The number of nitrogens with one attached hydrogen (secondary N) is 1. The zero-order valence-corrected chi connectivity index (χ0v) is 12.1. The van der Waals surface area contributed by atoms with Gasteiger partial charge in [-0.25, -0.2) is 0 Å². The van der Waals surface area contributed by atoms with E-state index in [9.17, 15) is 0 Å². The van der Waals surface area contributed by atoms with Gasteiger partial charge >= 0.3 is 0 Å². The molecule has 0 aliphatic heterocycles. The van der Waals surface area contributed by atoms with Crippen molar-refractivity contribution in [3.05, 3.63) is 23.2 Å². The molecule has 0 radical (unpaired) electrons. The van der Waals surface area contributed by atoms with E-state index in [4.69, 9.17) is 4.42 Å². The molecule has 102 valence electrons. The fourth-order valence-electron chi connectivity index (χ4n) is 2.46. The normalized spacial score (nSPS) is 15.9. The summed E-state index contributed by atoms with van der Waals surface area (Å²) in [5, 5.41) is 3.15. The van der Waals surface area contributed by atoms with Crippen LogP contribution in [0.25, 0.3) is 0 Å². The Morgan fingerprint density at radius 3 is 2.72 bits per heavy atom. The van der Waals surface area contributed by atoms with Crippen LogP contribution in [0.2, 0.25) is 0 Å². The molecule has 1 aromatic rings. The van der Waals surface area contributed by atoms with Gasteiger partial charge in [0.2, 0.25) is 0 Å². The molecule has 0 unspecified atom stereocenters. The van der Waals surface area contributed by atoms with Crippen LogP contribution in [0.15, 0.2) is 10.5 Å². The van der Waals surface area contributed by atoms with Crippen LogP contribution in [-0.4, -0.2) is 24.5 Å². The maximum Gasteiger partial charge on any atom is 0.120 e. The largest absolute Gasteiger partial charge is 0.463 e. The quantitative estimate of drug-likeness (QED) is 0.806. The van der Waals surface area contributed by atoms with Crippen molar-refractivity contribution in [2.75, 3.05) is 13.6 Å². The van der Waals surface area contributed by atoms with Gasteiger partial charge in [0.1, 0.15) is 11.5 Å². The van der Waals surface area contributed by atoms with E-state index in [1.54, 1.807) is 0 Å². The number of hydrogen-bond donors (Lipinski definition) is 1. The van der Waals surface area contributed by atoms with Gasteiger partial charge in [-0.2, -0.15) is 0 Å². The number of aryl methyl sites for hydroxylation is 1. The first-order valence-electron chi connectivity index (χ1n) is 7.07. The van der Waals surface area contributed by atoms with Gasteiger partial charge in [0, 0.05) is 12.6 Å². The lowest BCUT2D eigenvalue weighted by Gasteiger charge is -2.22. The molecule has 18 heavy (non-hydrogen) atoms. The lowest BCUT2D eigenvalue weighted by molar-refractivity contribution is 0.207. The monoisotopic (exact) mass is 250 g/mol. The minimum Gasteiger partial charge on any atom is -0.463 e. The van der Waals surface area contributed by atoms with Crippen molar-refractivity contribution in [1.29, 1.82) is 0 Å². The van der Waals surface area contributed by atoms with Gasteiger partial charge in [-0.3, -0.25) is 4.90 Å². The molecule has 0 spiro atoms. The topological polar surface area (TPSA) is 28.4 Å². The highest BCUT2D eigenvalue weighted by Gasteiger charge is 2.29. The first-order valence-corrected chi connectivity index (χ1v) is 7.07. The Hall–Kier alpha value is -0.800. The smallest absolute Gasteiger partial charge is 0.120 e. The summed E-state index contributed by atoms with van der Waals surface area (Å²) in [6.07, 6.45) is 2.71. The molecular weight excluding hydrogens is 224 g/mol. The maximum absolute atomic E-state index is 5.94. The molecule has 0 aromatic carbocycles. The lowest BCUT2D eigenvalue weighted by Crippen LogP contribution is -2.29. The van der Waals surface area contributed by atoms with Crippen LogP contribution in [0.3, 0.4) is 0 Å². The summed E-state index contributed by atoms with van der Waals surface area (Å²) in [6.45, 7) is 9.66. The van der Waals surface area contributed by atoms with E-state index < -0.39 is 0 Å². The first kappa shape index (κ1) is 13.6. The molecule has 1 aromatic heterocycles. The van der Waals surface area contributed by atoms with E-state index in [2.05, 4.69) is 37.1 Å². The number of hydrogen-bond acceptors (Lipinski definition) is 3. The highest BCUT2D eigenvalue weighted by atomic mass is 16.3. The predicted molar refractivity (Wildman–Crippen MR) is 74.5 cm³/mol. The summed E-state index contributed by atoms with van der Waals surface area (Å²) in [7, 11) is 1.96. The van der Waals surface area contributed by atoms with Gasteiger partial charge in [0.25, 0.3) is 0 Å². The van der Waals surface area contributed by atoms with Crippen molar-refractivity contribution in [3.63, 3.8) is 0 Å². The van der Waals surface area contributed by atoms with E-state index in [-0.39, 0.29) is 0 Å². The van der Waals surface area contributed by atoms with E-state index >= 15 is 0 Å². The van der Waals surface area contributed by atoms with Crippen LogP contribution in [-0.2, 0) is 13.1 Å². The summed E-state index contributed by atoms with van der Waals surface area (Å²) < 4.78 is 5.94. The van der Waals surface area contributed by atoms with Crippen molar-refractivity contribution in [2.45, 2.75) is 52.7 Å². The fourth-order valence-corrected chi connectivity index (χ4v) is 2.46. The second-order valence-corrected chi connectivity index (χ2v) is 5.90. The predicted octanol–water partition coefficient (Wildman–Crippen LogP) is 2.93. The Labute approximate surface area is 111 Å². The molecule has 1 aliphatic carbocycles. The third-order valence-corrected chi connectivity index (χ3v) is 3.43. The second kappa shape index (κ2) is 5.89. The molecule has 0 atom stereocenters. The van der Waals surface area contributed by atoms with Crippen LogP contribution in [0.1, 0.15) is 43.8 Å². The van der Waals surface area contributed by atoms with Crippen LogP contribution in [0.5, 0.6) is 0 Å². The van der Waals surface area contributed by atoms with Gasteiger partial charge in [-0.1, -0.05) is 13.8 Å². The first-order chi connectivity index (χ1) is 8.60. The number of furan rings is 1. The van der Waals surface area contributed by atoms with Crippen LogP contribution >= 0.6 is 0 Å². The van der Waals surface area contributed by atoms with Crippen molar-refractivity contribution >= 4 is 0 Å². The molecule has 0 saturated heterocycles. The molecule has 1 heterocycles. The molecule has 1 fully saturated rings. The Kier molecular flexibility index (Phi) is 4.46. The minimum absolute atomic E-state index is 0.721. The summed E-state index contributed by atoms with van der Waals surface area (Å²) in [5.74, 6) is 2.91. The lowest BCUT2D eigenvalue weighted by atomic mass is 10.2. The minimum atomic E-state index is 0.721. The molecule has 3 nitrogen and oxygen atoms in total. The molecule has 1 aliphatic rings. The third-order valence-electron chi connectivity index (χ3n) is 3.43. The Morgan fingerprint density at radius 2 is 2.17 bits per heavy atom. The molecule has 0 bridgehead atoms. The third kappa shape index (κ3) is 3.59. The molecule has 3 heteroatoms. The Bertz CT molecular complexity index is 380. The van der Waals surface area contributed by atoms with E-state index in [1.165, 1.54) is 24.9 Å². The van der Waals surface area contributed by atoms with Gasteiger partial charge < -0.3 is 9.73 Å². The average Bonchev–Trinajstić information content (AvgIpc) is 3.06. The number of nitrogens with zero attached hydrogens (tertiary/aromatic N) is 1. The van der Waals surface area contributed by atoms with Gasteiger partial charge in [0.05, 0.1) is 13.1 Å². The highest BCUT2D eigenvalue weighted by Crippen LogP contribution is 2.29. The molecular formula is C15H26N2O. The van der Waals surface area contributed by atoms with Crippen molar-refractivity contribution in [3.8, 4) is 0 Å². The average molecular weight is 250 g/mol. The van der Waals surface area contributed by atoms with Gasteiger partial charge in [-0.15, -0.1) is 0 Å². The summed E-state index contributed by atoms with van der Waals surface area (Å²) in [5.41, 5.74) is 1.26. The summed E-state index contributed by atoms with van der Waals surface area (Å²) >= 11 is 0. The van der Waals surface area contributed by atoms with E-state index in [1.807, 2.05) is 7.05 Å². The second-order valence-electron chi connectivity index (χ2n) is 5.90. The SMILES string of the molecule is CNCc1oc(CN(CC(C)C)C2CC2)cc1C. The Morgan fingerprint density at radius 1 is 1.44 bits per heavy atom. The van der Waals surface area contributed by atoms with Crippen LogP contribution in [0, 0.1) is 12.8 Å². The Balaban J connectivity index is 1.99. The number of rotatable bonds is 7.